The number of hydrogen-bond acceptors (Lipinski definition) is 3. The zero-order valence-corrected chi connectivity index (χ0v) is 17.2. The summed E-state index contributed by atoms with van der Waals surface area (Å²) in [6, 6.07) is 9.64. The van der Waals surface area contributed by atoms with Gasteiger partial charge in [0.05, 0.1) is 6.61 Å². The molecule has 27 heavy (non-hydrogen) atoms. The third-order valence-electron chi connectivity index (χ3n) is 4.75. The molecular weight excluding hydrogens is 340 g/mol. The first-order valence-corrected chi connectivity index (χ1v) is 9.71. The number of carbonyl (C=O) groups excluding carboxylic acids is 2. The number of fused-ring (bicyclic) bond motifs is 1. The number of aromatic nitrogens is 1. The molecule has 0 bridgehead atoms. The maximum atomic E-state index is 12.6. The number of esters is 1. The van der Waals surface area contributed by atoms with Crippen LogP contribution in [0.3, 0.4) is 0 Å². The summed E-state index contributed by atoms with van der Waals surface area (Å²) in [6.07, 6.45) is 1.11. The second-order valence-corrected chi connectivity index (χ2v) is 6.46. The van der Waals surface area contributed by atoms with E-state index in [1.54, 1.807) is 18.7 Å². The smallest absolute Gasteiger partial charge is 0.328 e. The molecule has 1 aromatic heterocycles. The highest BCUT2D eigenvalue weighted by molar-refractivity contribution is 6.01. The van der Waals surface area contributed by atoms with Crippen molar-refractivity contribution in [1.29, 1.82) is 0 Å². The Hall–Kier alpha value is -2.56. The number of nitrogens with zero attached hydrogens (tertiary/aromatic N) is 2. The Bertz CT molecular complexity index is 803. The van der Waals surface area contributed by atoms with Gasteiger partial charge in [-0.15, -0.1) is 0 Å². The van der Waals surface area contributed by atoms with Gasteiger partial charge in [-0.1, -0.05) is 19.9 Å². The topological polar surface area (TPSA) is 51.5 Å². The lowest BCUT2D eigenvalue weighted by molar-refractivity contribution is -0.145. The lowest BCUT2D eigenvalue weighted by atomic mass is 9.98. The van der Waals surface area contributed by atoms with Crippen LogP contribution in [0.5, 0.6) is 0 Å². The molecule has 1 aromatic carbocycles. The molecule has 0 radical (unpaired) electrons. The number of amides is 1. The molecule has 0 fully saturated rings. The van der Waals surface area contributed by atoms with E-state index in [-0.39, 0.29) is 11.9 Å². The van der Waals surface area contributed by atoms with Crippen LogP contribution in [0.15, 0.2) is 30.3 Å². The van der Waals surface area contributed by atoms with E-state index < -0.39 is 6.04 Å². The molecule has 3 rings (SSSR count). The second-order valence-electron chi connectivity index (χ2n) is 6.46. The van der Waals surface area contributed by atoms with Gasteiger partial charge in [-0.05, 0) is 63.9 Å². The van der Waals surface area contributed by atoms with Crippen LogP contribution in [0, 0.1) is 13.8 Å². The molecule has 2 heterocycles. The van der Waals surface area contributed by atoms with Crippen molar-refractivity contribution >= 4 is 17.6 Å². The molecule has 1 unspecified atom stereocenters. The third-order valence-corrected chi connectivity index (χ3v) is 4.75. The first-order chi connectivity index (χ1) is 12.9. The second kappa shape index (κ2) is 8.89. The lowest BCUT2D eigenvalue weighted by Crippen LogP contribution is -2.46. The van der Waals surface area contributed by atoms with Crippen LogP contribution < -0.4 is 4.90 Å². The van der Waals surface area contributed by atoms with Crippen LogP contribution in [-0.2, 0) is 20.7 Å². The molecule has 1 aliphatic heterocycles. The predicted molar refractivity (Wildman–Crippen MR) is 108 cm³/mol. The molecule has 5 nitrogen and oxygen atoms in total. The van der Waals surface area contributed by atoms with Crippen LogP contribution in [0.4, 0.5) is 5.69 Å². The van der Waals surface area contributed by atoms with Gasteiger partial charge < -0.3 is 9.30 Å². The highest BCUT2D eigenvalue weighted by atomic mass is 16.5. The number of ether oxygens (including phenoxy) is 1. The summed E-state index contributed by atoms with van der Waals surface area (Å²) in [5.74, 6) is -0.409. The summed E-state index contributed by atoms with van der Waals surface area (Å²) >= 11 is 0. The van der Waals surface area contributed by atoms with Crippen LogP contribution in [0.25, 0.3) is 5.69 Å². The van der Waals surface area contributed by atoms with Gasteiger partial charge >= 0.3 is 5.97 Å². The molecular formula is C22H30N2O3. The molecule has 5 heteroatoms. The minimum Gasteiger partial charge on any atom is -0.464 e. The van der Waals surface area contributed by atoms with E-state index in [1.165, 1.54) is 0 Å². The first kappa shape index (κ1) is 20.7. The van der Waals surface area contributed by atoms with E-state index in [1.807, 2.05) is 19.9 Å². The van der Waals surface area contributed by atoms with Crippen LogP contribution in [-0.4, -0.2) is 29.1 Å². The standard InChI is InChI=1S/C20H24N2O3.C2H6/c1-5-25-20(24)15(4)22-18-12-17(21-13(2)6-7-14(21)3)10-8-16(18)9-11-19(22)23;1-2/h6-8,10,12,15H,5,9,11H2,1-4H3;1-2H3. The molecule has 0 saturated heterocycles. The van der Waals surface area contributed by atoms with Crippen molar-refractivity contribution in [2.75, 3.05) is 11.5 Å². The third kappa shape index (κ3) is 4.07. The average molecular weight is 370 g/mol. The summed E-state index contributed by atoms with van der Waals surface area (Å²) in [7, 11) is 0. The van der Waals surface area contributed by atoms with E-state index in [9.17, 15) is 9.59 Å². The number of hydrogen-bond donors (Lipinski definition) is 0. The van der Waals surface area contributed by atoms with E-state index in [0.29, 0.717) is 19.4 Å². The zero-order chi connectivity index (χ0) is 20.1. The van der Waals surface area contributed by atoms with Gasteiger partial charge in [0.2, 0.25) is 5.91 Å². The highest BCUT2D eigenvalue weighted by Crippen LogP contribution is 2.32. The number of benzene rings is 1. The largest absolute Gasteiger partial charge is 0.464 e. The summed E-state index contributed by atoms with van der Waals surface area (Å²) in [4.78, 5) is 26.3. The van der Waals surface area contributed by atoms with Crippen molar-refractivity contribution in [2.45, 2.75) is 60.4 Å². The maximum absolute atomic E-state index is 12.6. The van der Waals surface area contributed by atoms with Crippen molar-refractivity contribution in [3.05, 3.63) is 47.3 Å². The van der Waals surface area contributed by atoms with Crippen molar-refractivity contribution in [1.82, 2.24) is 4.57 Å². The van der Waals surface area contributed by atoms with Crippen molar-refractivity contribution in [2.24, 2.45) is 0 Å². The maximum Gasteiger partial charge on any atom is 0.328 e. The number of rotatable bonds is 4. The minimum absolute atomic E-state index is 0.0360. The molecule has 2 aromatic rings. The summed E-state index contributed by atoms with van der Waals surface area (Å²) in [6.45, 7) is 11.9. The van der Waals surface area contributed by atoms with Gasteiger partial charge in [-0.25, -0.2) is 4.79 Å². The Kier molecular flexibility index (Phi) is 6.83. The molecule has 1 atom stereocenters. The lowest BCUT2D eigenvalue weighted by Gasteiger charge is -2.33. The van der Waals surface area contributed by atoms with Gasteiger partial charge in [0, 0.05) is 29.2 Å². The fourth-order valence-corrected chi connectivity index (χ4v) is 3.49. The molecule has 0 aliphatic carbocycles. The van der Waals surface area contributed by atoms with Crippen LogP contribution in [0.2, 0.25) is 0 Å². The molecule has 0 saturated carbocycles. The SMILES string of the molecule is CC.CCOC(=O)C(C)N1C(=O)CCc2ccc(-n3c(C)ccc3C)cc21. The fraction of sp³-hybridized carbons (Fsp3) is 0.455. The average Bonchev–Trinajstić information content (AvgIpc) is 3.01. The molecule has 0 N–H and O–H groups in total. The van der Waals surface area contributed by atoms with Gasteiger partial charge in [-0.2, -0.15) is 0 Å². The summed E-state index contributed by atoms with van der Waals surface area (Å²) in [5, 5.41) is 0. The normalized spacial score (nSPS) is 14.1. The number of anilines is 1. The van der Waals surface area contributed by atoms with Crippen LogP contribution >= 0.6 is 0 Å². The first-order valence-electron chi connectivity index (χ1n) is 9.71. The van der Waals surface area contributed by atoms with Crippen molar-refractivity contribution in [3.63, 3.8) is 0 Å². The molecule has 146 valence electrons. The van der Waals surface area contributed by atoms with E-state index >= 15 is 0 Å². The Labute approximate surface area is 161 Å². The van der Waals surface area contributed by atoms with Crippen molar-refractivity contribution < 1.29 is 14.3 Å². The number of aryl methyl sites for hydroxylation is 3. The Morgan fingerprint density at radius 3 is 2.33 bits per heavy atom. The van der Waals surface area contributed by atoms with Gasteiger partial charge in [0.15, 0.2) is 0 Å². The van der Waals surface area contributed by atoms with E-state index in [2.05, 4.69) is 42.7 Å². The quantitative estimate of drug-likeness (QED) is 0.752. The summed E-state index contributed by atoms with van der Waals surface area (Å²) in [5.41, 5.74) is 5.15. The van der Waals surface area contributed by atoms with Gasteiger partial charge in [-0.3, -0.25) is 9.69 Å². The highest BCUT2D eigenvalue weighted by Gasteiger charge is 2.33. The summed E-state index contributed by atoms with van der Waals surface area (Å²) < 4.78 is 7.27. The fourth-order valence-electron chi connectivity index (χ4n) is 3.49. The van der Waals surface area contributed by atoms with Gasteiger partial charge in [0.25, 0.3) is 0 Å². The monoisotopic (exact) mass is 370 g/mol. The van der Waals surface area contributed by atoms with Crippen LogP contribution in [0.1, 0.15) is 51.1 Å². The Morgan fingerprint density at radius 2 is 1.74 bits per heavy atom. The Balaban J connectivity index is 0.00000126. The predicted octanol–water partition coefficient (Wildman–Crippen LogP) is 4.35. The van der Waals surface area contributed by atoms with E-state index in [4.69, 9.17) is 4.74 Å². The molecule has 1 amide bonds. The Morgan fingerprint density at radius 1 is 1.11 bits per heavy atom. The van der Waals surface area contributed by atoms with Gasteiger partial charge in [0.1, 0.15) is 6.04 Å². The van der Waals surface area contributed by atoms with Crippen molar-refractivity contribution in [3.8, 4) is 5.69 Å². The van der Waals surface area contributed by atoms with E-state index in [0.717, 1.165) is 28.3 Å². The molecule has 0 spiro atoms. The minimum atomic E-state index is -0.631. The zero-order valence-electron chi connectivity index (χ0n) is 17.2. The number of carbonyl (C=O) groups is 2. The molecule has 1 aliphatic rings.